The normalized spacial score (nSPS) is 26.7. The Morgan fingerprint density at radius 1 is 0.540 bits per heavy atom. The lowest BCUT2D eigenvalue weighted by molar-refractivity contribution is -0.150. The summed E-state index contributed by atoms with van der Waals surface area (Å²) in [4.78, 5) is 12.7. The molecule has 0 bridgehead atoms. The van der Waals surface area contributed by atoms with Crippen molar-refractivity contribution in [2.24, 2.45) is 28.6 Å². The summed E-state index contributed by atoms with van der Waals surface area (Å²) < 4.78 is 22.0. The van der Waals surface area contributed by atoms with Crippen LogP contribution in [0.4, 0.5) is 0 Å². The Morgan fingerprint density at radius 2 is 0.968 bits per heavy atom. The van der Waals surface area contributed by atoms with Gasteiger partial charge in [0.1, 0.15) is 6.61 Å². The van der Waals surface area contributed by atoms with Crippen LogP contribution in [-0.4, -0.2) is 41.4 Å². The summed E-state index contributed by atoms with van der Waals surface area (Å²) in [6, 6.07) is 66.1. The van der Waals surface area contributed by atoms with Crippen LogP contribution >= 0.6 is 0 Å². The van der Waals surface area contributed by atoms with Crippen LogP contribution in [0.1, 0.15) is 65.2 Å². The first-order chi connectivity index (χ1) is 30.9. The average molecular weight is 865 g/mol. The molecule has 6 aromatic carbocycles. The maximum Gasteiger partial charge on any atom is 0.302 e. The Bertz CT molecular complexity index is 2310. The van der Waals surface area contributed by atoms with E-state index in [1.54, 1.807) is 6.92 Å². The van der Waals surface area contributed by atoms with Crippen molar-refractivity contribution >= 4 is 53.7 Å². The van der Waals surface area contributed by atoms with Gasteiger partial charge in [0, 0.05) is 18.4 Å². The number of hydrogen-bond donors (Lipinski definition) is 0. The van der Waals surface area contributed by atoms with Gasteiger partial charge >= 0.3 is 5.97 Å². The molecule has 320 valence electrons. The fraction of sp³-hybridized carbons (Fsp3) is 0.316. The van der Waals surface area contributed by atoms with Crippen molar-refractivity contribution in [2.45, 2.75) is 77.4 Å². The number of allylic oxidation sites excluding steroid dienone is 1. The molecule has 0 N–H and O–H groups in total. The highest BCUT2D eigenvalue weighted by Crippen LogP contribution is 2.66. The van der Waals surface area contributed by atoms with Crippen molar-refractivity contribution in [2.75, 3.05) is 6.61 Å². The molecule has 0 heterocycles. The molecule has 4 aliphatic rings. The van der Waals surface area contributed by atoms with Crippen molar-refractivity contribution in [3.63, 3.8) is 0 Å². The summed E-state index contributed by atoms with van der Waals surface area (Å²) in [5, 5.41) is 7.69. The Balaban J connectivity index is 0.989. The van der Waals surface area contributed by atoms with Gasteiger partial charge in [0.15, 0.2) is 0 Å². The summed E-state index contributed by atoms with van der Waals surface area (Å²) in [6.45, 7) is 4.60. The molecule has 3 saturated carbocycles. The van der Waals surface area contributed by atoms with Gasteiger partial charge in [0.05, 0.1) is 6.10 Å². The van der Waals surface area contributed by atoms with E-state index in [2.05, 4.69) is 195 Å². The maximum atomic E-state index is 12.7. The zero-order valence-electron chi connectivity index (χ0n) is 36.8. The molecule has 0 radical (unpaired) electrons. The first-order valence-corrected chi connectivity index (χ1v) is 27.2. The van der Waals surface area contributed by atoms with Crippen LogP contribution in [0.25, 0.3) is 0 Å². The minimum atomic E-state index is -2.92. The monoisotopic (exact) mass is 864 g/mol. The summed E-state index contributed by atoms with van der Waals surface area (Å²) in [5.41, 5.74) is 1.29. The fourth-order valence-electron chi connectivity index (χ4n) is 13.1. The van der Waals surface area contributed by atoms with Crippen LogP contribution in [0.3, 0.4) is 0 Å². The molecule has 3 fully saturated rings. The third kappa shape index (κ3) is 7.33. The van der Waals surface area contributed by atoms with E-state index in [9.17, 15) is 4.79 Å². The molecule has 2 unspecified atom stereocenters. The van der Waals surface area contributed by atoms with Gasteiger partial charge in [0.25, 0.3) is 16.6 Å². The van der Waals surface area contributed by atoms with Crippen molar-refractivity contribution in [3.8, 4) is 0 Å². The Morgan fingerprint density at radius 3 is 1.40 bits per heavy atom. The molecule has 4 nitrogen and oxygen atoms in total. The van der Waals surface area contributed by atoms with Crippen LogP contribution in [0.15, 0.2) is 194 Å². The SMILES string of the molecule is CC(=O)OC[C@]12CCC(O[Si](c3ccccc3)(c3ccccc3)c3ccccc3)CC1=CC[C@@H]1[C@H]2CC[C@]2(C)C(O[Si](c3ccccc3)(c3ccccc3)c3ccccc3)CC[C@@H]12. The molecule has 4 aliphatic carbocycles. The molecule has 0 amide bonds. The number of esters is 1. The summed E-state index contributed by atoms with van der Waals surface area (Å²) >= 11 is 0. The number of fused-ring (bicyclic) bond motifs is 5. The highest BCUT2D eigenvalue weighted by Gasteiger charge is 2.62. The van der Waals surface area contributed by atoms with E-state index in [1.807, 2.05) is 0 Å². The molecule has 0 aromatic heterocycles. The second-order valence-electron chi connectivity index (χ2n) is 19.0. The predicted octanol–water partition coefficient (Wildman–Crippen LogP) is 8.60. The van der Waals surface area contributed by atoms with Gasteiger partial charge in [-0.15, -0.1) is 0 Å². The molecule has 0 aliphatic heterocycles. The first kappa shape index (κ1) is 41.9. The number of carbonyl (C=O) groups excluding carboxylic acids is 1. The van der Waals surface area contributed by atoms with Crippen LogP contribution in [-0.2, 0) is 18.4 Å². The lowest BCUT2D eigenvalue weighted by atomic mass is 9.47. The standard InChI is InChI=1S/C57H60O4Si2/c1-43(58)59-42-57-40-37-45(60-62(46-21-9-3-10-22-46,47-23-11-4-12-24-47)48-25-13-5-14-26-48)41-44(57)33-34-52-53-35-36-55(56(53,2)39-38-54(52)57)61-63(49-27-15-6-16-28-49,50-29-17-7-18-30-50)51-31-19-8-20-32-51/h3-33,45,52-55H,34-42H2,1-2H3/t45?,52-,53-,54+,55?,56-,57+/m0/s1. The van der Waals surface area contributed by atoms with Gasteiger partial charge in [-0.05, 0) is 106 Å². The van der Waals surface area contributed by atoms with Gasteiger partial charge in [-0.25, -0.2) is 0 Å². The van der Waals surface area contributed by atoms with E-state index < -0.39 is 16.6 Å². The number of ether oxygens (including phenoxy) is 1. The van der Waals surface area contributed by atoms with Crippen LogP contribution < -0.4 is 31.1 Å². The second kappa shape index (κ2) is 17.5. The quantitative estimate of drug-likeness (QED) is 0.0536. The Kier molecular flexibility index (Phi) is 11.6. The van der Waals surface area contributed by atoms with Crippen LogP contribution in [0.2, 0.25) is 0 Å². The van der Waals surface area contributed by atoms with E-state index in [4.69, 9.17) is 13.6 Å². The minimum Gasteiger partial charge on any atom is -0.465 e. The van der Waals surface area contributed by atoms with Gasteiger partial charge in [-0.1, -0.05) is 201 Å². The largest absolute Gasteiger partial charge is 0.465 e. The van der Waals surface area contributed by atoms with Crippen molar-refractivity contribution in [1.29, 1.82) is 0 Å². The fourth-order valence-corrected chi connectivity index (χ4v) is 21.4. The second-order valence-corrected chi connectivity index (χ2v) is 25.7. The zero-order valence-corrected chi connectivity index (χ0v) is 38.8. The van der Waals surface area contributed by atoms with Gasteiger partial charge in [0.2, 0.25) is 0 Å². The first-order valence-electron chi connectivity index (χ1n) is 23.4. The Hall–Kier alpha value is -5.12. The highest BCUT2D eigenvalue weighted by molar-refractivity contribution is 7.07. The summed E-state index contributed by atoms with van der Waals surface area (Å²) in [5.74, 6) is 1.27. The third-order valence-corrected chi connectivity index (χ3v) is 24.2. The lowest BCUT2D eigenvalue weighted by Gasteiger charge is -2.59. The zero-order chi connectivity index (χ0) is 42.9. The number of hydrogen-bond acceptors (Lipinski definition) is 4. The maximum absolute atomic E-state index is 12.7. The Labute approximate surface area is 376 Å². The van der Waals surface area contributed by atoms with Crippen LogP contribution in [0.5, 0.6) is 0 Å². The van der Waals surface area contributed by atoms with Gasteiger partial charge in [-0.3, -0.25) is 4.79 Å². The van der Waals surface area contributed by atoms with E-state index in [0.717, 1.165) is 51.4 Å². The average Bonchev–Trinajstić information content (AvgIpc) is 3.68. The van der Waals surface area contributed by atoms with Crippen molar-refractivity contribution in [3.05, 3.63) is 194 Å². The topological polar surface area (TPSA) is 44.8 Å². The summed E-state index contributed by atoms with van der Waals surface area (Å²) in [6.07, 6.45) is 11.0. The van der Waals surface area contributed by atoms with Crippen molar-refractivity contribution in [1.82, 2.24) is 0 Å². The summed E-state index contributed by atoms with van der Waals surface area (Å²) in [7, 11) is -5.82. The van der Waals surface area contributed by atoms with E-state index in [1.165, 1.54) is 36.7 Å². The predicted molar refractivity (Wildman–Crippen MR) is 260 cm³/mol. The smallest absolute Gasteiger partial charge is 0.302 e. The molecular weight excluding hydrogens is 805 g/mol. The number of benzene rings is 6. The molecule has 6 aromatic rings. The number of rotatable bonds is 12. The third-order valence-electron chi connectivity index (χ3n) is 16.0. The molecule has 63 heavy (non-hydrogen) atoms. The highest BCUT2D eigenvalue weighted by atomic mass is 28.4. The van der Waals surface area contributed by atoms with E-state index >= 15 is 0 Å². The van der Waals surface area contributed by atoms with Gasteiger partial charge < -0.3 is 13.6 Å². The molecule has 6 heteroatoms. The molecule has 0 saturated heterocycles. The lowest BCUT2D eigenvalue weighted by Crippen LogP contribution is -2.71. The van der Waals surface area contributed by atoms with Crippen molar-refractivity contribution < 1.29 is 18.4 Å². The van der Waals surface area contributed by atoms with E-state index in [-0.39, 0.29) is 29.0 Å². The van der Waals surface area contributed by atoms with Crippen LogP contribution in [0, 0.1) is 28.6 Å². The van der Waals surface area contributed by atoms with Gasteiger partial charge in [-0.2, -0.15) is 0 Å². The molecule has 7 atom stereocenters. The number of carbonyl (C=O) groups is 1. The minimum absolute atomic E-state index is 0.0261. The molecule has 0 spiro atoms. The molecule has 10 rings (SSSR count). The van der Waals surface area contributed by atoms with E-state index in [0.29, 0.717) is 24.4 Å². The molecular formula is C57H60O4Si2.